The Morgan fingerprint density at radius 2 is 1.69 bits per heavy atom. The van der Waals surface area contributed by atoms with Crippen LogP contribution in [-0.2, 0) is 10.2 Å². The van der Waals surface area contributed by atoms with Gasteiger partial charge in [-0.25, -0.2) is 4.79 Å². The van der Waals surface area contributed by atoms with Crippen LogP contribution < -0.4 is 10.9 Å². The molecule has 0 amide bonds. The normalized spacial score (nSPS) is 24.1. The quantitative estimate of drug-likeness (QED) is 0.326. The van der Waals surface area contributed by atoms with E-state index in [1.165, 1.54) is 12.1 Å². The average molecular weight is 472 g/mol. The van der Waals surface area contributed by atoms with E-state index in [0.29, 0.717) is 16.5 Å². The third-order valence-corrected chi connectivity index (χ3v) is 7.96. The van der Waals surface area contributed by atoms with E-state index in [1.807, 2.05) is 0 Å². The van der Waals surface area contributed by atoms with Crippen LogP contribution in [0.4, 0.5) is 0 Å². The minimum absolute atomic E-state index is 0.00852. The number of fused-ring (bicyclic) bond motifs is 4. The number of hydrogen-bond acceptors (Lipinski definition) is 9. The van der Waals surface area contributed by atoms with Crippen LogP contribution in [0.2, 0.25) is 0 Å². The van der Waals surface area contributed by atoms with Crippen molar-refractivity contribution >= 4 is 33.3 Å². The van der Waals surface area contributed by atoms with Crippen LogP contribution in [0.3, 0.4) is 0 Å². The second kappa shape index (κ2) is 5.87. The fraction of sp³-hybridized carbons (Fsp3) is 0.231. The highest BCUT2D eigenvalue weighted by Gasteiger charge is 2.65. The Kier molecular flexibility index (Phi) is 3.38. The number of rotatable bonds is 0. The summed E-state index contributed by atoms with van der Waals surface area (Å²) in [6.07, 6.45) is -0.422. The van der Waals surface area contributed by atoms with Crippen molar-refractivity contribution < 1.29 is 34.1 Å². The first kappa shape index (κ1) is 20.2. The van der Waals surface area contributed by atoms with Crippen molar-refractivity contribution in [2.45, 2.75) is 31.3 Å². The predicted octanol–water partition coefficient (Wildman–Crippen LogP) is 1.88. The first-order chi connectivity index (χ1) is 16.6. The molecule has 0 saturated carbocycles. The smallest absolute Gasteiger partial charge is 0.342 e. The number of carbonyl (C=O) groups is 2. The van der Waals surface area contributed by atoms with Gasteiger partial charge in [-0.2, -0.15) is 0 Å². The largest absolute Gasteiger partial charge is 0.507 e. The van der Waals surface area contributed by atoms with Gasteiger partial charge in [-0.3, -0.25) is 14.4 Å². The summed E-state index contributed by atoms with van der Waals surface area (Å²) in [7, 11) is 0. The van der Waals surface area contributed by atoms with Crippen LogP contribution in [-0.4, -0.2) is 39.8 Å². The molecule has 2 aliphatic carbocycles. The number of carbonyl (C=O) groups excluding carboxylic acids is 2. The van der Waals surface area contributed by atoms with Crippen LogP contribution in [0.1, 0.15) is 54.5 Å². The van der Waals surface area contributed by atoms with Crippen molar-refractivity contribution in [2.75, 3.05) is 6.61 Å². The topological polar surface area (TPSA) is 151 Å². The number of phenolic OH excluding ortho intramolecular Hbond substituents is 1. The van der Waals surface area contributed by atoms with Crippen LogP contribution in [0, 0.1) is 13.8 Å². The van der Waals surface area contributed by atoms with Crippen molar-refractivity contribution in [2.24, 2.45) is 0 Å². The highest BCUT2D eigenvalue weighted by atomic mass is 16.5. The molecule has 7 rings (SSSR count). The predicted molar refractivity (Wildman–Crippen MR) is 121 cm³/mol. The molecular weight excluding hydrogens is 456 g/mol. The highest BCUT2D eigenvalue weighted by molar-refractivity contribution is 6.19. The van der Waals surface area contributed by atoms with Crippen LogP contribution >= 0.6 is 0 Å². The Balaban J connectivity index is 1.80. The number of hydrogen-bond donors (Lipinski definition) is 3. The van der Waals surface area contributed by atoms with Gasteiger partial charge < -0.3 is 24.5 Å². The number of aliphatic hydroxyl groups is 1. The number of ketones is 1. The zero-order valence-electron chi connectivity index (χ0n) is 18.4. The van der Waals surface area contributed by atoms with E-state index < -0.39 is 58.3 Å². The Morgan fingerprint density at radius 3 is 2.43 bits per heavy atom. The van der Waals surface area contributed by atoms with Crippen LogP contribution in [0.15, 0.2) is 32.4 Å². The summed E-state index contributed by atoms with van der Waals surface area (Å²) in [5, 5.41) is 33.0. The second-order valence-corrected chi connectivity index (χ2v) is 9.56. The Labute approximate surface area is 195 Å². The minimum atomic E-state index is -1.60. The Bertz CT molecular complexity index is 1850. The lowest BCUT2D eigenvalue weighted by atomic mass is 9.63. The SMILES string of the molecule is Cc1cc(O)c2c3c1C(=O)[C@@H]1c4c(c(=O)c5coc(O)c6c(=O)cc(C)c4c56)[C@@]3(COC2=O)[C@H]1O. The molecule has 0 saturated heterocycles. The lowest BCUT2D eigenvalue weighted by Gasteiger charge is -2.43. The molecule has 174 valence electrons. The molecule has 4 aromatic rings. The van der Waals surface area contributed by atoms with Gasteiger partial charge in [0.25, 0.3) is 5.95 Å². The fourth-order valence-electron chi connectivity index (χ4n) is 6.69. The van der Waals surface area contributed by atoms with E-state index in [2.05, 4.69) is 0 Å². The van der Waals surface area contributed by atoms with Gasteiger partial charge in [0.1, 0.15) is 29.6 Å². The number of phenols is 1. The van der Waals surface area contributed by atoms with Gasteiger partial charge in [0.05, 0.1) is 22.8 Å². The first-order valence-electron chi connectivity index (χ1n) is 11.0. The third kappa shape index (κ3) is 1.94. The summed E-state index contributed by atoms with van der Waals surface area (Å²) in [6, 6.07) is 2.58. The monoisotopic (exact) mass is 472 g/mol. The Morgan fingerprint density at radius 1 is 0.943 bits per heavy atom. The molecule has 1 aromatic heterocycles. The standard InChI is InChI=1S/C26H16O9/c1-7-3-10(27)15-14-9(5-34-24(15)32)21(29)20-17(12(7)14)18-22(30)13-8(2)4-11(28)16-19(13)26(20,23(18)31)6-35-25(16)33/h3-5,18,23,28,31-32H,6H2,1-2H3/t18-,23-,26-/m0/s1. The molecule has 3 aliphatic rings. The molecule has 1 aliphatic heterocycles. The van der Waals surface area contributed by atoms with Crippen LogP contribution in [0.5, 0.6) is 11.7 Å². The zero-order valence-corrected chi connectivity index (χ0v) is 18.4. The van der Waals surface area contributed by atoms with Gasteiger partial charge >= 0.3 is 5.97 Å². The minimum Gasteiger partial charge on any atom is -0.507 e. The molecule has 2 bridgehead atoms. The first-order valence-corrected chi connectivity index (χ1v) is 11.0. The molecule has 1 spiro atoms. The van der Waals surface area contributed by atoms with Crippen molar-refractivity contribution in [3.8, 4) is 11.7 Å². The number of aryl methyl sites for hydroxylation is 2. The summed E-state index contributed by atoms with van der Waals surface area (Å²) in [5.41, 5.74) is -1.59. The number of Topliss-reactive ketones (excluding diaryl/α,β-unsaturated/α-hetero) is 1. The van der Waals surface area contributed by atoms with Gasteiger partial charge in [0, 0.05) is 16.5 Å². The summed E-state index contributed by atoms with van der Waals surface area (Å²) in [5.74, 6) is -3.59. The molecule has 35 heavy (non-hydrogen) atoms. The lowest BCUT2D eigenvalue weighted by molar-refractivity contribution is 0.00751. The molecule has 0 radical (unpaired) electrons. The van der Waals surface area contributed by atoms with Gasteiger partial charge in [-0.1, -0.05) is 0 Å². The molecule has 2 heterocycles. The fourth-order valence-corrected chi connectivity index (χ4v) is 6.69. The maximum Gasteiger partial charge on any atom is 0.342 e. The molecule has 0 fully saturated rings. The number of benzene rings is 3. The van der Waals surface area contributed by atoms with E-state index in [4.69, 9.17) is 9.15 Å². The van der Waals surface area contributed by atoms with Crippen molar-refractivity contribution in [1.29, 1.82) is 0 Å². The van der Waals surface area contributed by atoms with E-state index in [9.17, 15) is 34.5 Å². The van der Waals surface area contributed by atoms with E-state index in [-0.39, 0.29) is 44.0 Å². The van der Waals surface area contributed by atoms with Crippen molar-refractivity contribution in [1.82, 2.24) is 0 Å². The maximum absolute atomic E-state index is 14.0. The number of aliphatic hydroxyl groups excluding tert-OH is 1. The number of aromatic hydroxyl groups is 2. The number of esters is 1. The maximum atomic E-state index is 14.0. The molecular formula is C26H16O9. The molecule has 9 nitrogen and oxygen atoms in total. The number of cyclic esters (lactones) is 1. The zero-order chi connectivity index (χ0) is 24.7. The van der Waals surface area contributed by atoms with Crippen molar-refractivity contribution in [3.05, 3.63) is 77.8 Å². The van der Waals surface area contributed by atoms with E-state index >= 15 is 0 Å². The molecule has 0 unspecified atom stereocenters. The van der Waals surface area contributed by atoms with Gasteiger partial charge in [-0.15, -0.1) is 0 Å². The van der Waals surface area contributed by atoms with Gasteiger partial charge in [-0.05, 0) is 53.6 Å². The molecule has 3 N–H and O–H groups in total. The van der Waals surface area contributed by atoms with Gasteiger partial charge in [0.2, 0.25) is 0 Å². The second-order valence-electron chi connectivity index (χ2n) is 9.56. The summed E-state index contributed by atoms with van der Waals surface area (Å²) < 4.78 is 10.5. The highest BCUT2D eigenvalue weighted by Crippen LogP contribution is 2.60. The van der Waals surface area contributed by atoms with Crippen molar-refractivity contribution in [3.63, 3.8) is 0 Å². The Hall–Kier alpha value is -4.24. The molecule has 3 aromatic carbocycles. The lowest BCUT2D eigenvalue weighted by Crippen LogP contribution is -2.53. The molecule has 3 atom stereocenters. The summed E-state index contributed by atoms with van der Waals surface area (Å²) in [6.45, 7) is 2.85. The summed E-state index contributed by atoms with van der Waals surface area (Å²) >= 11 is 0. The molecule has 9 heteroatoms. The van der Waals surface area contributed by atoms with E-state index in [1.54, 1.807) is 13.8 Å². The van der Waals surface area contributed by atoms with Crippen LogP contribution in [0.25, 0.3) is 21.5 Å². The third-order valence-electron chi connectivity index (χ3n) is 7.96. The van der Waals surface area contributed by atoms with Gasteiger partial charge in [0.15, 0.2) is 16.6 Å². The average Bonchev–Trinajstić information content (AvgIpc) is 2.97. The van der Waals surface area contributed by atoms with E-state index in [0.717, 1.165) is 6.26 Å². The summed E-state index contributed by atoms with van der Waals surface area (Å²) in [4.78, 5) is 53.4. The number of ether oxygens (including phenoxy) is 1.